The molecule has 0 bridgehead atoms. The van der Waals surface area contributed by atoms with Gasteiger partial charge >= 0.3 is 0 Å². The van der Waals surface area contributed by atoms with Crippen molar-refractivity contribution in [2.45, 2.75) is 13.0 Å². The van der Waals surface area contributed by atoms with Crippen LogP contribution in [-0.4, -0.2) is 23.3 Å². The zero-order valence-corrected chi connectivity index (χ0v) is 14.2. The van der Waals surface area contributed by atoms with E-state index in [0.29, 0.717) is 23.7 Å². The van der Waals surface area contributed by atoms with E-state index in [1.54, 1.807) is 35.6 Å². The molecule has 0 atom stereocenters. The fourth-order valence-corrected chi connectivity index (χ4v) is 2.82. The summed E-state index contributed by atoms with van der Waals surface area (Å²) >= 11 is 1.54. The molecule has 3 aromatic rings. The van der Waals surface area contributed by atoms with Gasteiger partial charge in [0.25, 0.3) is 5.91 Å². The van der Waals surface area contributed by atoms with Crippen molar-refractivity contribution in [1.82, 2.24) is 15.6 Å². The van der Waals surface area contributed by atoms with Gasteiger partial charge in [-0.3, -0.25) is 9.59 Å². The quantitative estimate of drug-likeness (QED) is 0.682. The van der Waals surface area contributed by atoms with Crippen molar-refractivity contribution in [3.63, 3.8) is 0 Å². The van der Waals surface area contributed by atoms with Crippen LogP contribution in [0.3, 0.4) is 0 Å². The van der Waals surface area contributed by atoms with E-state index in [9.17, 15) is 9.59 Å². The van der Waals surface area contributed by atoms with Crippen LogP contribution in [-0.2, 0) is 11.3 Å². The highest BCUT2D eigenvalue weighted by molar-refractivity contribution is 7.13. The predicted octanol–water partition coefficient (Wildman–Crippen LogP) is 2.84. The number of thiophene rings is 1. The summed E-state index contributed by atoms with van der Waals surface area (Å²) in [5.74, 6) is 0.203. The Morgan fingerprint density at radius 3 is 2.68 bits per heavy atom. The molecular weight excluding hydrogens is 338 g/mol. The summed E-state index contributed by atoms with van der Waals surface area (Å²) in [5, 5.41) is 7.43. The molecular formula is C18H17N3O3S. The summed E-state index contributed by atoms with van der Waals surface area (Å²) in [7, 11) is 0. The zero-order chi connectivity index (χ0) is 17.5. The molecule has 128 valence electrons. The molecule has 2 N–H and O–H groups in total. The Kier molecular flexibility index (Phi) is 5.58. The Morgan fingerprint density at radius 1 is 1.08 bits per heavy atom. The van der Waals surface area contributed by atoms with Gasteiger partial charge in [-0.2, -0.15) is 0 Å². The van der Waals surface area contributed by atoms with E-state index < -0.39 is 0 Å². The van der Waals surface area contributed by atoms with Gasteiger partial charge in [-0.05, 0) is 23.6 Å². The van der Waals surface area contributed by atoms with Crippen LogP contribution in [0, 0.1) is 0 Å². The van der Waals surface area contributed by atoms with E-state index in [1.165, 1.54) is 6.26 Å². The monoisotopic (exact) mass is 355 g/mol. The molecule has 6 nitrogen and oxygen atoms in total. The number of aromatic nitrogens is 1. The van der Waals surface area contributed by atoms with Crippen LogP contribution in [0.1, 0.15) is 22.5 Å². The van der Waals surface area contributed by atoms with Gasteiger partial charge < -0.3 is 15.1 Å². The van der Waals surface area contributed by atoms with E-state index in [-0.39, 0.29) is 24.8 Å². The lowest BCUT2D eigenvalue weighted by Gasteiger charge is -2.05. The maximum absolute atomic E-state index is 11.9. The molecule has 2 aromatic heterocycles. The van der Waals surface area contributed by atoms with Crippen LogP contribution in [0.4, 0.5) is 0 Å². The first-order chi connectivity index (χ1) is 12.2. The highest BCUT2D eigenvalue weighted by Crippen LogP contribution is 2.23. The average molecular weight is 355 g/mol. The molecule has 2 amide bonds. The van der Waals surface area contributed by atoms with E-state index in [4.69, 9.17) is 4.42 Å². The molecule has 0 radical (unpaired) electrons. The standard InChI is InChI=1S/C18H17N3O3S/c22-16(8-9-19-17(23)13-5-2-1-3-6-13)20-11-14-12-24-18(21-14)15-7-4-10-25-15/h1-7,10,12H,8-9,11H2,(H,19,23)(H,20,22). The van der Waals surface area contributed by atoms with Crippen molar-refractivity contribution in [2.75, 3.05) is 6.54 Å². The molecule has 0 unspecified atom stereocenters. The molecule has 0 aliphatic heterocycles. The number of carbonyl (C=O) groups is 2. The fraction of sp³-hybridized carbons (Fsp3) is 0.167. The molecule has 7 heteroatoms. The van der Waals surface area contributed by atoms with Gasteiger partial charge in [0.2, 0.25) is 11.8 Å². The summed E-state index contributed by atoms with van der Waals surface area (Å²) in [6, 6.07) is 12.7. The lowest BCUT2D eigenvalue weighted by molar-refractivity contribution is -0.121. The van der Waals surface area contributed by atoms with Crippen LogP contribution in [0.25, 0.3) is 10.8 Å². The SMILES string of the molecule is O=C(CCNC(=O)c1ccccc1)NCc1coc(-c2cccs2)n1. The fourth-order valence-electron chi connectivity index (χ4n) is 2.16. The van der Waals surface area contributed by atoms with Crippen molar-refractivity contribution < 1.29 is 14.0 Å². The highest BCUT2D eigenvalue weighted by Gasteiger charge is 2.09. The summed E-state index contributed by atoms with van der Waals surface area (Å²) < 4.78 is 5.39. The Balaban J connectivity index is 1.39. The number of hydrogen-bond donors (Lipinski definition) is 2. The molecule has 2 heterocycles. The predicted molar refractivity (Wildman–Crippen MR) is 95.1 cm³/mol. The van der Waals surface area contributed by atoms with Gasteiger partial charge in [0.05, 0.1) is 17.1 Å². The Hall–Kier alpha value is -2.93. The first-order valence-electron chi connectivity index (χ1n) is 7.80. The number of carbonyl (C=O) groups excluding carboxylic acids is 2. The van der Waals surface area contributed by atoms with Gasteiger partial charge in [-0.1, -0.05) is 24.3 Å². The first kappa shape index (κ1) is 16.9. The third kappa shape index (κ3) is 4.77. The maximum atomic E-state index is 11.9. The number of nitrogens with one attached hydrogen (secondary N) is 2. The van der Waals surface area contributed by atoms with Crippen LogP contribution in [0.15, 0.2) is 58.5 Å². The molecule has 0 aliphatic carbocycles. The Labute approximate surface area is 148 Å². The van der Waals surface area contributed by atoms with Crippen LogP contribution in [0.5, 0.6) is 0 Å². The van der Waals surface area contributed by atoms with Gasteiger partial charge in [-0.15, -0.1) is 11.3 Å². The van der Waals surface area contributed by atoms with Gasteiger partial charge in [0, 0.05) is 18.5 Å². The van der Waals surface area contributed by atoms with Crippen LogP contribution < -0.4 is 10.6 Å². The van der Waals surface area contributed by atoms with Crippen molar-refractivity contribution in [3.8, 4) is 10.8 Å². The lowest BCUT2D eigenvalue weighted by Crippen LogP contribution is -2.30. The third-order valence-corrected chi connectivity index (χ3v) is 4.28. The Bertz CT molecular complexity index is 828. The van der Waals surface area contributed by atoms with Crippen molar-refractivity contribution in [1.29, 1.82) is 0 Å². The summed E-state index contributed by atoms with van der Waals surface area (Å²) in [6.07, 6.45) is 1.74. The zero-order valence-electron chi connectivity index (χ0n) is 13.4. The van der Waals surface area contributed by atoms with Crippen molar-refractivity contribution >= 4 is 23.2 Å². The third-order valence-electron chi connectivity index (χ3n) is 3.42. The van der Waals surface area contributed by atoms with Gasteiger partial charge in [-0.25, -0.2) is 4.98 Å². The van der Waals surface area contributed by atoms with E-state index in [1.807, 2.05) is 23.6 Å². The maximum Gasteiger partial charge on any atom is 0.251 e. The van der Waals surface area contributed by atoms with Gasteiger partial charge in [0.1, 0.15) is 6.26 Å². The number of hydrogen-bond acceptors (Lipinski definition) is 5. The normalized spacial score (nSPS) is 10.4. The minimum absolute atomic E-state index is 0.158. The number of rotatable bonds is 7. The van der Waals surface area contributed by atoms with E-state index >= 15 is 0 Å². The number of benzene rings is 1. The van der Waals surface area contributed by atoms with Gasteiger partial charge in [0.15, 0.2) is 0 Å². The second-order valence-electron chi connectivity index (χ2n) is 5.27. The average Bonchev–Trinajstić information content (AvgIpc) is 3.32. The number of oxazole rings is 1. The summed E-state index contributed by atoms with van der Waals surface area (Å²) in [6.45, 7) is 0.569. The lowest BCUT2D eigenvalue weighted by atomic mass is 10.2. The Morgan fingerprint density at radius 2 is 1.92 bits per heavy atom. The minimum Gasteiger partial charge on any atom is -0.443 e. The molecule has 0 saturated heterocycles. The minimum atomic E-state index is -0.189. The molecule has 0 aliphatic rings. The number of amides is 2. The second kappa shape index (κ2) is 8.25. The molecule has 0 spiro atoms. The van der Waals surface area contributed by atoms with Crippen LogP contribution in [0.2, 0.25) is 0 Å². The molecule has 0 saturated carbocycles. The summed E-state index contributed by atoms with van der Waals surface area (Å²) in [4.78, 5) is 29.0. The number of nitrogens with zero attached hydrogens (tertiary/aromatic N) is 1. The first-order valence-corrected chi connectivity index (χ1v) is 8.68. The van der Waals surface area contributed by atoms with Crippen molar-refractivity contribution in [3.05, 3.63) is 65.4 Å². The summed E-state index contributed by atoms with van der Waals surface area (Å²) in [5.41, 5.74) is 1.23. The largest absolute Gasteiger partial charge is 0.443 e. The van der Waals surface area contributed by atoms with E-state index in [0.717, 1.165) is 4.88 Å². The van der Waals surface area contributed by atoms with Crippen molar-refractivity contribution in [2.24, 2.45) is 0 Å². The second-order valence-corrected chi connectivity index (χ2v) is 6.22. The topological polar surface area (TPSA) is 84.2 Å². The molecule has 3 rings (SSSR count). The smallest absolute Gasteiger partial charge is 0.251 e. The van der Waals surface area contributed by atoms with E-state index in [2.05, 4.69) is 15.6 Å². The molecule has 1 aromatic carbocycles. The molecule has 25 heavy (non-hydrogen) atoms. The molecule has 0 fully saturated rings. The highest BCUT2D eigenvalue weighted by atomic mass is 32.1. The van der Waals surface area contributed by atoms with Crippen LogP contribution >= 0.6 is 11.3 Å².